The Hall–Kier alpha value is -3.99. The van der Waals surface area contributed by atoms with E-state index in [0.29, 0.717) is 0 Å². The van der Waals surface area contributed by atoms with Gasteiger partial charge in [-0.05, 0) is 39.7 Å². The minimum atomic E-state index is -0.200. The van der Waals surface area contributed by atoms with Gasteiger partial charge in [0.15, 0.2) is 0 Å². The molecule has 1 heterocycles. The predicted octanol–water partition coefficient (Wildman–Crippen LogP) is 4.49. The summed E-state index contributed by atoms with van der Waals surface area (Å²) < 4.78 is 1.81. The van der Waals surface area contributed by atoms with Crippen molar-refractivity contribution in [1.82, 2.24) is 15.0 Å². The normalized spacial score (nSPS) is 11.6. The van der Waals surface area contributed by atoms with Crippen LogP contribution in [0.1, 0.15) is 5.56 Å². The van der Waals surface area contributed by atoms with Crippen molar-refractivity contribution in [1.29, 1.82) is 0 Å². The second kappa shape index (κ2) is 7.20. The number of amides is 1. The smallest absolute Gasteiger partial charge is 0.260 e. The lowest BCUT2D eigenvalue weighted by molar-refractivity contribution is -0.121. The lowest BCUT2D eigenvalue weighted by Crippen LogP contribution is -2.22. The van der Waals surface area contributed by atoms with Crippen LogP contribution in [0.4, 0.5) is 0 Å². The Kier molecular flexibility index (Phi) is 4.26. The maximum Gasteiger partial charge on any atom is 0.260 e. The lowest BCUT2D eigenvalue weighted by atomic mass is 9.97. The van der Waals surface area contributed by atoms with E-state index < -0.39 is 0 Å². The van der Waals surface area contributed by atoms with Gasteiger partial charge in [0.25, 0.3) is 5.91 Å². The molecular formula is C24H18N4O. The molecule has 0 spiro atoms. The maximum atomic E-state index is 12.4. The Morgan fingerprint density at radius 1 is 0.931 bits per heavy atom. The van der Waals surface area contributed by atoms with Crippen molar-refractivity contribution in [2.75, 3.05) is 0 Å². The second-order valence-electron chi connectivity index (χ2n) is 6.89. The highest BCUT2D eigenvalue weighted by molar-refractivity contribution is 6.13. The van der Waals surface area contributed by atoms with Crippen LogP contribution < -0.4 is 5.43 Å². The van der Waals surface area contributed by atoms with Gasteiger partial charge in [-0.1, -0.05) is 60.7 Å². The molecule has 5 heteroatoms. The van der Waals surface area contributed by atoms with Crippen LogP contribution in [0.25, 0.3) is 32.6 Å². The summed E-state index contributed by atoms with van der Waals surface area (Å²) in [4.78, 5) is 16.7. The molecule has 5 aromatic rings. The van der Waals surface area contributed by atoms with E-state index in [1.807, 2.05) is 53.1 Å². The number of rotatable bonds is 4. The van der Waals surface area contributed by atoms with E-state index >= 15 is 0 Å². The summed E-state index contributed by atoms with van der Waals surface area (Å²) in [5, 5.41) is 8.73. The number of nitrogens with one attached hydrogen (secondary N) is 1. The zero-order valence-electron chi connectivity index (χ0n) is 15.6. The summed E-state index contributed by atoms with van der Waals surface area (Å²) in [6.07, 6.45) is 3.40. The third-order valence-corrected chi connectivity index (χ3v) is 5.04. The number of para-hydroxylation sites is 2. The first-order valence-electron chi connectivity index (χ1n) is 9.42. The van der Waals surface area contributed by atoms with Gasteiger partial charge in [0.05, 0.1) is 23.6 Å². The van der Waals surface area contributed by atoms with Crippen LogP contribution in [0.3, 0.4) is 0 Å². The number of hydrazone groups is 1. The SMILES string of the molecule is O=C(Cn1cnc2ccccc21)N/N=C\c1c2ccccc2cc2ccccc12. The number of imidazole rings is 1. The van der Waals surface area contributed by atoms with E-state index in [-0.39, 0.29) is 12.5 Å². The van der Waals surface area contributed by atoms with E-state index in [2.05, 4.69) is 45.8 Å². The molecule has 0 saturated heterocycles. The number of hydrogen-bond acceptors (Lipinski definition) is 3. The first-order chi connectivity index (χ1) is 14.3. The van der Waals surface area contributed by atoms with Crippen molar-refractivity contribution in [3.63, 3.8) is 0 Å². The van der Waals surface area contributed by atoms with Gasteiger partial charge in [-0.25, -0.2) is 10.4 Å². The van der Waals surface area contributed by atoms with Gasteiger partial charge in [0, 0.05) is 5.56 Å². The Balaban J connectivity index is 1.42. The van der Waals surface area contributed by atoms with Crippen molar-refractivity contribution < 1.29 is 4.79 Å². The fourth-order valence-electron chi connectivity index (χ4n) is 3.68. The molecular weight excluding hydrogens is 360 g/mol. The second-order valence-corrected chi connectivity index (χ2v) is 6.89. The van der Waals surface area contributed by atoms with Crippen LogP contribution in [0.2, 0.25) is 0 Å². The number of nitrogens with zero attached hydrogens (tertiary/aromatic N) is 3. The third kappa shape index (κ3) is 3.23. The molecule has 0 aliphatic rings. The average Bonchev–Trinajstić information content (AvgIpc) is 3.16. The molecule has 140 valence electrons. The summed E-state index contributed by atoms with van der Waals surface area (Å²) >= 11 is 0. The molecule has 1 amide bonds. The van der Waals surface area contributed by atoms with Crippen molar-refractivity contribution in [3.05, 3.63) is 90.8 Å². The van der Waals surface area contributed by atoms with Gasteiger partial charge in [-0.2, -0.15) is 5.10 Å². The molecule has 5 rings (SSSR count). The zero-order valence-corrected chi connectivity index (χ0v) is 15.6. The number of aromatic nitrogens is 2. The van der Waals surface area contributed by atoms with E-state index in [9.17, 15) is 4.79 Å². The van der Waals surface area contributed by atoms with Gasteiger partial charge in [0.2, 0.25) is 0 Å². The van der Waals surface area contributed by atoms with Gasteiger partial charge < -0.3 is 4.57 Å². The summed E-state index contributed by atoms with van der Waals surface area (Å²) in [5.74, 6) is -0.200. The quantitative estimate of drug-likeness (QED) is 0.284. The number of fused-ring (bicyclic) bond motifs is 3. The van der Waals surface area contributed by atoms with Crippen LogP contribution >= 0.6 is 0 Å². The van der Waals surface area contributed by atoms with Gasteiger partial charge >= 0.3 is 0 Å². The van der Waals surface area contributed by atoms with Crippen LogP contribution in [0, 0.1) is 0 Å². The summed E-state index contributed by atoms with van der Waals surface area (Å²) in [6, 6.07) is 26.3. The Morgan fingerprint density at radius 2 is 1.59 bits per heavy atom. The van der Waals surface area contributed by atoms with Gasteiger partial charge in [-0.3, -0.25) is 4.79 Å². The molecule has 1 aromatic heterocycles. The fourth-order valence-corrected chi connectivity index (χ4v) is 3.68. The summed E-state index contributed by atoms with van der Waals surface area (Å²) in [6.45, 7) is 0.161. The van der Waals surface area contributed by atoms with Crippen molar-refractivity contribution in [2.45, 2.75) is 6.54 Å². The number of carbonyl (C=O) groups is 1. The lowest BCUT2D eigenvalue weighted by Gasteiger charge is -2.08. The summed E-state index contributed by atoms with van der Waals surface area (Å²) in [7, 11) is 0. The highest BCUT2D eigenvalue weighted by atomic mass is 16.2. The molecule has 0 unspecified atom stereocenters. The van der Waals surface area contributed by atoms with Crippen LogP contribution in [-0.2, 0) is 11.3 Å². The van der Waals surface area contributed by atoms with Crippen molar-refractivity contribution >= 4 is 44.7 Å². The van der Waals surface area contributed by atoms with Crippen molar-refractivity contribution in [2.24, 2.45) is 5.10 Å². The monoisotopic (exact) mass is 378 g/mol. The standard InChI is InChI=1S/C24H18N4O/c29-24(15-28-16-25-22-11-5-6-12-23(22)28)27-26-14-21-19-9-3-1-7-17(19)13-18-8-2-4-10-20(18)21/h1-14,16H,15H2,(H,27,29)/b26-14-. The summed E-state index contributed by atoms with van der Waals surface area (Å²) in [5.41, 5.74) is 5.43. The average molecular weight is 378 g/mol. The van der Waals surface area contributed by atoms with Gasteiger partial charge in [0.1, 0.15) is 6.54 Å². The first-order valence-corrected chi connectivity index (χ1v) is 9.42. The third-order valence-electron chi connectivity index (χ3n) is 5.04. The van der Waals surface area contributed by atoms with E-state index in [4.69, 9.17) is 0 Å². The van der Waals surface area contributed by atoms with Crippen molar-refractivity contribution in [3.8, 4) is 0 Å². The Labute approximate surface area is 167 Å². The molecule has 5 nitrogen and oxygen atoms in total. The number of carbonyl (C=O) groups excluding carboxylic acids is 1. The molecule has 29 heavy (non-hydrogen) atoms. The molecule has 0 aliphatic carbocycles. The maximum absolute atomic E-state index is 12.4. The largest absolute Gasteiger partial charge is 0.321 e. The fraction of sp³-hybridized carbons (Fsp3) is 0.0417. The number of hydrogen-bond donors (Lipinski definition) is 1. The topological polar surface area (TPSA) is 59.3 Å². The molecule has 0 saturated carbocycles. The molecule has 1 N–H and O–H groups in total. The Bertz CT molecular complexity index is 1330. The molecule has 4 aromatic carbocycles. The van der Waals surface area contributed by atoms with Crippen LogP contribution in [-0.4, -0.2) is 21.7 Å². The van der Waals surface area contributed by atoms with E-state index in [1.54, 1.807) is 12.5 Å². The van der Waals surface area contributed by atoms with Gasteiger partial charge in [-0.15, -0.1) is 0 Å². The predicted molar refractivity (Wildman–Crippen MR) is 117 cm³/mol. The highest BCUT2D eigenvalue weighted by Crippen LogP contribution is 2.27. The minimum Gasteiger partial charge on any atom is -0.321 e. The molecule has 0 bridgehead atoms. The Morgan fingerprint density at radius 3 is 2.34 bits per heavy atom. The first kappa shape index (κ1) is 17.1. The molecule has 0 radical (unpaired) electrons. The number of benzene rings is 4. The molecule has 0 fully saturated rings. The zero-order chi connectivity index (χ0) is 19.6. The molecule has 0 atom stereocenters. The molecule has 0 aliphatic heterocycles. The minimum absolute atomic E-state index is 0.161. The van der Waals surface area contributed by atoms with Crippen LogP contribution in [0.15, 0.2) is 90.3 Å². The van der Waals surface area contributed by atoms with E-state index in [0.717, 1.165) is 38.1 Å². The van der Waals surface area contributed by atoms with Crippen LogP contribution in [0.5, 0.6) is 0 Å². The highest BCUT2D eigenvalue weighted by Gasteiger charge is 2.07. The van der Waals surface area contributed by atoms with E-state index in [1.165, 1.54) is 0 Å².